The third-order valence-electron chi connectivity index (χ3n) is 3.16. The molecule has 1 N–H and O–H groups in total. The van der Waals surface area contributed by atoms with E-state index in [-0.39, 0.29) is 0 Å². The highest BCUT2D eigenvalue weighted by Gasteiger charge is 2.28. The number of hydrogen-bond acceptors (Lipinski definition) is 5. The highest BCUT2D eigenvalue weighted by molar-refractivity contribution is 7.14. The summed E-state index contributed by atoms with van der Waals surface area (Å²) in [6, 6.07) is 0.518. The Balaban J connectivity index is 1.76. The van der Waals surface area contributed by atoms with Crippen LogP contribution in [0.4, 0.5) is 5.13 Å². The Bertz CT molecular complexity index is 515. The fraction of sp³-hybridized carbons (Fsp3) is 0.500. The van der Waals surface area contributed by atoms with Gasteiger partial charge in [0, 0.05) is 11.4 Å². The van der Waals surface area contributed by atoms with Gasteiger partial charge >= 0.3 is 0 Å². The normalized spacial score (nSPS) is 17.1. The quantitative estimate of drug-likeness (QED) is 0.903. The van der Waals surface area contributed by atoms with E-state index in [1.807, 2.05) is 12.3 Å². The van der Waals surface area contributed by atoms with Crippen LogP contribution in [0.25, 0.3) is 11.5 Å². The van der Waals surface area contributed by atoms with Crippen molar-refractivity contribution in [1.82, 2.24) is 9.97 Å². The Morgan fingerprint density at radius 3 is 3.00 bits per heavy atom. The standard InChI is InChI=1S/C12H15N3OS/c1-7(9-3-4-9)14-12-15-10(5-17-12)11-8(2)13-6-16-11/h5-7,9H,3-4H2,1-2H3,(H,14,15). The molecule has 0 saturated heterocycles. The first kappa shape index (κ1) is 10.8. The Morgan fingerprint density at radius 1 is 1.53 bits per heavy atom. The predicted molar refractivity (Wildman–Crippen MR) is 68.2 cm³/mol. The summed E-state index contributed by atoms with van der Waals surface area (Å²) < 4.78 is 5.33. The molecule has 0 amide bonds. The molecule has 0 bridgehead atoms. The van der Waals surface area contributed by atoms with Crippen LogP contribution in [0.5, 0.6) is 0 Å². The average molecular weight is 249 g/mol. The molecular weight excluding hydrogens is 234 g/mol. The van der Waals surface area contributed by atoms with Gasteiger partial charge in [-0.05, 0) is 32.6 Å². The maximum absolute atomic E-state index is 5.33. The van der Waals surface area contributed by atoms with Crippen LogP contribution in [0.3, 0.4) is 0 Å². The molecule has 1 atom stereocenters. The third kappa shape index (κ3) is 2.20. The lowest BCUT2D eigenvalue weighted by molar-refractivity contribution is 0.569. The van der Waals surface area contributed by atoms with Gasteiger partial charge in [-0.1, -0.05) is 0 Å². The van der Waals surface area contributed by atoms with Gasteiger partial charge in [0.05, 0.1) is 5.69 Å². The van der Waals surface area contributed by atoms with Crippen LogP contribution in [0.2, 0.25) is 0 Å². The summed E-state index contributed by atoms with van der Waals surface area (Å²) >= 11 is 1.62. The van der Waals surface area contributed by atoms with Crippen molar-refractivity contribution in [3.8, 4) is 11.5 Å². The van der Waals surface area contributed by atoms with Crippen LogP contribution >= 0.6 is 11.3 Å². The zero-order valence-corrected chi connectivity index (χ0v) is 10.8. The molecule has 1 fully saturated rings. The number of rotatable bonds is 4. The fourth-order valence-electron chi connectivity index (χ4n) is 1.90. The smallest absolute Gasteiger partial charge is 0.183 e. The minimum absolute atomic E-state index is 0.518. The van der Waals surface area contributed by atoms with Gasteiger partial charge in [-0.25, -0.2) is 9.97 Å². The molecule has 5 heteroatoms. The largest absolute Gasteiger partial charge is 0.442 e. The van der Waals surface area contributed by atoms with Gasteiger partial charge in [0.1, 0.15) is 5.69 Å². The van der Waals surface area contributed by atoms with Crippen LogP contribution in [0.1, 0.15) is 25.5 Å². The Morgan fingerprint density at radius 2 is 2.35 bits per heavy atom. The monoisotopic (exact) mass is 249 g/mol. The Kier molecular flexibility index (Phi) is 2.63. The second-order valence-corrected chi connectivity index (χ2v) is 5.43. The number of hydrogen-bond donors (Lipinski definition) is 1. The van der Waals surface area contributed by atoms with Crippen molar-refractivity contribution in [3.05, 3.63) is 17.5 Å². The highest BCUT2D eigenvalue weighted by Crippen LogP contribution is 2.35. The number of aryl methyl sites for hydroxylation is 1. The lowest BCUT2D eigenvalue weighted by Gasteiger charge is -2.10. The third-order valence-corrected chi connectivity index (χ3v) is 3.94. The van der Waals surface area contributed by atoms with Crippen LogP contribution < -0.4 is 5.32 Å². The molecule has 2 heterocycles. The summed E-state index contributed by atoms with van der Waals surface area (Å²) in [6.07, 6.45) is 4.14. The van der Waals surface area contributed by atoms with Crippen molar-refractivity contribution in [3.63, 3.8) is 0 Å². The van der Waals surface area contributed by atoms with Crippen LogP contribution in [0, 0.1) is 12.8 Å². The van der Waals surface area contributed by atoms with E-state index in [0.717, 1.165) is 28.2 Å². The van der Waals surface area contributed by atoms with E-state index < -0.39 is 0 Å². The van der Waals surface area contributed by atoms with Gasteiger partial charge in [-0.15, -0.1) is 11.3 Å². The maximum atomic E-state index is 5.33. The van der Waals surface area contributed by atoms with Gasteiger partial charge in [0.15, 0.2) is 17.3 Å². The van der Waals surface area contributed by atoms with E-state index in [4.69, 9.17) is 4.42 Å². The van der Waals surface area contributed by atoms with E-state index >= 15 is 0 Å². The molecule has 1 saturated carbocycles. The van der Waals surface area contributed by atoms with Crippen molar-refractivity contribution in [2.75, 3.05) is 5.32 Å². The van der Waals surface area contributed by atoms with Gasteiger partial charge < -0.3 is 9.73 Å². The molecule has 90 valence electrons. The van der Waals surface area contributed by atoms with E-state index in [0.29, 0.717) is 6.04 Å². The molecule has 0 aromatic carbocycles. The predicted octanol–water partition coefficient (Wildman–Crippen LogP) is 3.32. The minimum Gasteiger partial charge on any atom is -0.442 e. The molecule has 4 nitrogen and oxygen atoms in total. The molecule has 0 aliphatic heterocycles. The average Bonchev–Trinajstić information content (AvgIpc) is 2.93. The number of thiazole rings is 1. The summed E-state index contributed by atoms with van der Waals surface area (Å²) in [6.45, 7) is 4.15. The van der Waals surface area contributed by atoms with Crippen molar-refractivity contribution < 1.29 is 4.42 Å². The Labute approximate surface area is 104 Å². The molecule has 2 aromatic heterocycles. The zero-order valence-electron chi connectivity index (χ0n) is 9.93. The molecule has 17 heavy (non-hydrogen) atoms. The second-order valence-electron chi connectivity index (χ2n) is 4.58. The fourth-order valence-corrected chi connectivity index (χ4v) is 2.69. The van der Waals surface area contributed by atoms with E-state index in [1.165, 1.54) is 19.2 Å². The number of nitrogens with zero attached hydrogens (tertiary/aromatic N) is 2. The number of nitrogens with one attached hydrogen (secondary N) is 1. The highest BCUT2D eigenvalue weighted by atomic mass is 32.1. The SMILES string of the molecule is Cc1ncoc1-c1csc(NC(C)C2CC2)n1. The van der Waals surface area contributed by atoms with Crippen molar-refractivity contribution in [2.45, 2.75) is 32.7 Å². The molecule has 1 aliphatic rings. The number of aromatic nitrogens is 2. The van der Waals surface area contributed by atoms with E-state index in [2.05, 4.69) is 22.2 Å². The summed E-state index contributed by atoms with van der Waals surface area (Å²) in [5, 5.41) is 6.43. The van der Waals surface area contributed by atoms with Crippen molar-refractivity contribution in [1.29, 1.82) is 0 Å². The summed E-state index contributed by atoms with van der Waals surface area (Å²) in [4.78, 5) is 8.62. The molecule has 1 aliphatic carbocycles. The Hall–Kier alpha value is -1.36. The van der Waals surface area contributed by atoms with Crippen LogP contribution in [-0.4, -0.2) is 16.0 Å². The summed E-state index contributed by atoms with van der Waals surface area (Å²) in [7, 11) is 0. The van der Waals surface area contributed by atoms with E-state index in [1.54, 1.807) is 11.3 Å². The molecule has 1 unspecified atom stereocenters. The first-order valence-electron chi connectivity index (χ1n) is 5.86. The summed E-state index contributed by atoms with van der Waals surface area (Å²) in [5.74, 6) is 1.60. The first-order chi connectivity index (χ1) is 8.24. The topological polar surface area (TPSA) is 51.0 Å². The molecule has 0 radical (unpaired) electrons. The van der Waals surface area contributed by atoms with Crippen LogP contribution in [-0.2, 0) is 0 Å². The molecule has 2 aromatic rings. The van der Waals surface area contributed by atoms with Gasteiger partial charge in [-0.3, -0.25) is 0 Å². The zero-order chi connectivity index (χ0) is 11.8. The van der Waals surface area contributed by atoms with Gasteiger partial charge in [0.2, 0.25) is 0 Å². The summed E-state index contributed by atoms with van der Waals surface area (Å²) in [5.41, 5.74) is 1.76. The molecular formula is C12H15N3OS. The maximum Gasteiger partial charge on any atom is 0.183 e. The minimum atomic E-state index is 0.518. The molecule has 0 spiro atoms. The van der Waals surface area contributed by atoms with Crippen molar-refractivity contribution in [2.24, 2.45) is 5.92 Å². The first-order valence-corrected chi connectivity index (χ1v) is 6.74. The second kappa shape index (κ2) is 4.14. The number of oxazole rings is 1. The lowest BCUT2D eigenvalue weighted by Crippen LogP contribution is -2.16. The van der Waals surface area contributed by atoms with E-state index in [9.17, 15) is 0 Å². The number of anilines is 1. The molecule has 3 rings (SSSR count). The van der Waals surface area contributed by atoms with Crippen LogP contribution in [0.15, 0.2) is 16.2 Å². The van der Waals surface area contributed by atoms with Gasteiger partial charge in [0.25, 0.3) is 0 Å². The lowest BCUT2D eigenvalue weighted by atomic mass is 10.2. The van der Waals surface area contributed by atoms with Crippen molar-refractivity contribution >= 4 is 16.5 Å². The van der Waals surface area contributed by atoms with Gasteiger partial charge in [-0.2, -0.15) is 0 Å².